The van der Waals surface area contributed by atoms with Crippen molar-refractivity contribution in [2.45, 2.75) is 38.8 Å². The zero-order valence-corrected chi connectivity index (χ0v) is 16.7. The first-order valence-electron chi connectivity index (χ1n) is 9.22. The third-order valence-electron chi connectivity index (χ3n) is 5.25. The van der Waals surface area contributed by atoms with E-state index in [1.807, 2.05) is 0 Å². The summed E-state index contributed by atoms with van der Waals surface area (Å²) in [6, 6.07) is 5.22. The van der Waals surface area contributed by atoms with E-state index in [4.69, 9.17) is 0 Å². The summed E-state index contributed by atoms with van der Waals surface area (Å²) in [4.78, 5) is 53.0. The van der Waals surface area contributed by atoms with Crippen molar-refractivity contribution >= 4 is 40.8 Å². The van der Waals surface area contributed by atoms with Gasteiger partial charge in [-0.3, -0.25) is 14.4 Å². The predicted molar refractivity (Wildman–Crippen MR) is 105 cm³/mol. The number of fused-ring (bicyclic) bond motifs is 1. The molecule has 2 atom stereocenters. The first-order chi connectivity index (χ1) is 13.9. The molecule has 1 N–H and O–H groups in total. The van der Waals surface area contributed by atoms with Crippen molar-refractivity contribution in [3.05, 3.63) is 40.4 Å². The molecule has 150 valence electrons. The molecule has 2 fully saturated rings. The second-order valence-electron chi connectivity index (χ2n) is 7.15. The molecule has 0 aliphatic carbocycles. The van der Waals surface area contributed by atoms with Crippen LogP contribution in [0, 0.1) is 6.92 Å². The van der Waals surface area contributed by atoms with Crippen LogP contribution < -0.4 is 10.2 Å². The molecule has 2 aromatic rings. The summed E-state index contributed by atoms with van der Waals surface area (Å²) < 4.78 is 3.77. The van der Waals surface area contributed by atoms with Gasteiger partial charge in [0.1, 0.15) is 10.9 Å². The minimum Gasteiger partial charge on any atom is -0.348 e. The number of piperidine rings is 1. The molecule has 4 rings (SSSR count). The summed E-state index contributed by atoms with van der Waals surface area (Å²) in [5, 5.41) is 6.77. The lowest BCUT2D eigenvalue weighted by Gasteiger charge is -2.32. The highest BCUT2D eigenvalue weighted by Crippen LogP contribution is 2.31. The summed E-state index contributed by atoms with van der Waals surface area (Å²) in [6.45, 7) is 3.51. The third-order valence-corrected chi connectivity index (χ3v) is 6.08. The van der Waals surface area contributed by atoms with Gasteiger partial charge in [-0.05, 0) is 50.4 Å². The standard InChI is InChI=1S/C19H19N5O4S/c1-10-16(29-22-21-10)17(26)20-13-6-7-23-15(9-13)18(27)24(19(23)28)14-5-3-4-12(8-14)11(2)25/h3-5,8,13,15H,6-7,9H2,1-2H3,(H,20,26)/t13-,15-/m0/s1. The molecule has 1 aromatic carbocycles. The number of nitrogens with one attached hydrogen (secondary N) is 1. The Morgan fingerprint density at radius 2 is 2.07 bits per heavy atom. The highest BCUT2D eigenvalue weighted by molar-refractivity contribution is 7.08. The molecule has 29 heavy (non-hydrogen) atoms. The Morgan fingerprint density at radius 1 is 1.28 bits per heavy atom. The van der Waals surface area contributed by atoms with Crippen molar-refractivity contribution in [2.75, 3.05) is 11.4 Å². The Balaban J connectivity index is 1.51. The predicted octanol–water partition coefficient (Wildman–Crippen LogP) is 1.78. The fourth-order valence-corrected chi connectivity index (χ4v) is 4.28. The molecule has 0 bridgehead atoms. The molecule has 10 heteroatoms. The minimum atomic E-state index is -0.636. The molecular weight excluding hydrogens is 394 g/mol. The molecule has 0 saturated carbocycles. The van der Waals surface area contributed by atoms with Gasteiger partial charge in [0.25, 0.3) is 11.8 Å². The van der Waals surface area contributed by atoms with Gasteiger partial charge in [-0.1, -0.05) is 16.6 Å². The van der Waals surface area contributed by atoms with E-state index in [1.54, 1.807) is 31.2 Å². The topological polar surface area (TPSA) is 113 Å². The molecule has 0 unspecified atom stereocenters. The van der Waals surface area contributed by atoms with Crippen molar-refractivity contribution in [3.8, 4) is 0 Å². The minimum absolute atomic E-state index is 0.140. The van der Waals surface area contributed by atoms with Gasteiger partial charge in [-0.25, -0.2) is 9.69 Å². The number of rotatable bonds is 4. The largest absolute Gasteiger partial charge is 0.348 e. The number of hydrogen-bond donors (Lipinski definition) is 1. The lowest BCUT2D eigenvalue weighted by molar-refractivity contribution is -0.120. The molecule has 0 spiro atoms. The number of carbonyl (C=O) groups is 4. The number of anilines is 1. The fraction of sp³-hybridized carbons (Fsp3) is 0.368. The van der Waals surface area contributed by atoms with Gasteiger partial charge in [0.15, 0.2) is 5.78 Å². The van der Waals surface area contributed by atoms with Crippen molar-refractivity contribution in [1.29, 1.82) is 0 Å². The van der Waals surface area contributed by atoms with Crippen LogP contribution >= 0.6 is 11.5 Å². The number of hydrogen-bond acceptors (Lipinski definition) is 7. The SMILES string of the molecule is CC(=O)c1cccc(N2C(=O)[C@@H]3C[C@@H](NC(=O)c4snnc4C)CCN3C2=O)c1. The Labute approximate surface area is 170 Å². The number of amides is 4. The smallest absolute Gasteiger partial charge is 0.332 e. The van der Waals surface area contributed by atoms with Gasteiger partial charge in [0.05, 0.1) is 11.4 Å². The number of nitrogens with zero attached hydrogens (tertiary/aromatic N) is 4. The highest BCUT2D eigenvalue weighted by Gasteiger charge is 2.48. The average molecular weight is 413 g/mol. The number of benzene rings is 1. The van der Waals surface area contributed by atoms with Crippen LogP contribution in [0.3, 0.4) is 0 Å². The molecule has 4 amide bonds. The number of aromatic nitrogens is 2. The molecular formula is C19H19N5O4S. The quantitative estimate of drug-likeness (QED) is 0.604. The highest BCUT2D eigenvalue weighted by atomic mass is 32.1. The molecule has 3 heterocycles. The van der Waals surface area contributed by atoms with E-state index in [-0.39, 0.29) is 23.6 Å². The summed E-state index contributed by atoms with van der Waals surface area (Å²) >= 11 is 1.03. The number of imide groups is 1. The van der Waals surface area contributed by atoms with Gasteiger partial charge in [-0.2, -0.15) is 0 Å². The monoisotopic (exact) mass is 413 g/mol. The number of Topliss-reactive ketones (excluding diaryl/α,β-unsaturated/α-hetero) is 1. The van der Waals surface area contributed by atoms with E-state index >= 15 is 0 Å². The Morgan fingerprint density at radius 3 is 2.76 bits per heavy atom. The molecule has 2 aliphatic heterocycles. The van der Waals surface area contributed by atoms with Crippen molar-refractivity contribution in [3.63, 3.8) is 0 Å². The first kappa shape index (κ1) is 19.2. The molecule has 9 nitrogen and oxygen atoms in total. The van der Waals surface area contributed by atoms with Gasteiger partial charge in [-0.15, -0.1) is 5.10 Å². The van der Waals surface area contributed by atoms with Crippen LogP contribution in [0.5, 0.6) is 0 Å². The van der Waals surface area contributed by atoms with E-state index in [1.165, 1.54) is 11.8 Å². The van der Waals surface area contributed by atoms with Crippen LogP contribution in [0.4, 0.5) is 10.5 Å². The van der Waals surface area contributed by atoms with Gasteiger partial charge in [0.2, 0.25) is 0 Å². The van der Waals surface area contributed by atoms with E-state index in [0.717, 1.165) is 16.4 Å². The fourth-order valence-electron chi connectivity index (χ4n) is 3.72. The molecule has 1 aromatic heterocycles. The van der Waals surface area contributed by atoms with Crippen molar-refractivity contribution in [1.82, 2.24) is 19.8 Å². The van der Waals surface area contributed by atoms with Gasteiger partial charge in [0, 0.05) is 18.2 Å². The van der Waals surface area contributed by atoms with Crippen LogP contribution in [0.25, 0.3) is 0 Å². The van der Waals surface area contributed by atoms with Crippen LogP contribution in [0.1, 0.15) is 45.5 Å². The lowest BCUT2D eigenvalue weighted by atomic mass is 9.98. The Kier molecular flexibility index (Phi) is 4.87. The van der Waals surface area contributed by atoms with Crippen LogP contribution in [0.15, 0.2) is 24.3 Å². The molecule has 2 saturated heterocycles. The number of ketones is 1. The summed E-state index contributed by atoms with van der Waals surface area (Å²) in [7, 11) is 0. The maximum absolute atomic E-state index is 13.0. The number of carbonyl (C=O) groups excluding carboxylic acids is 4. The zero-order chi connectivity index (χ0) is 20.7. The van der Waals surface area contributed by atoms with Gasteiger partial charge >= 0.3 is 6.03 Å². The van der Waals surface area contributed by atoms with Gasteiger partial charge < -0.3 is 10.2 Å². The Hall–Kier alpha value is -3.14. The van der Waals surface area contributed by atoms with E-state index < -0.39 is 12.1 Å². The van der Waals surface area contributed by atoms with Crippen molar-refractivity contribution in [2.24, 2.45) is 0 Å². The first-order valence-corrected chi connectivity index (χ1v) is 9.99. The molecule has 2 aliphatic rings. The second kappa shape index (κ2) is 7.36. The van der Waals surface area contributed by atoms with Crippen molar-refractivity contribution < 1.29 is 19.2 Å². The summed E-state index contributed by atoms with van der Waals surface area (Å²) in [5.41, 5.74) is 1.38. The number of urea groups is 1. The second-order valence-corrected chi connectivity index (χ2v) is 7.91. The van der Waals surface area contributed by atoms with E-state index in [0.29, 0.717) is 41.2 Å². The van der Waals surface area contributed by atoms with E-state index in [9.17, 15) is 19.2 Å². The normalized spacial score (nSPS) is 21.3. The Bertz CT molecular complexity index is 1020. The van der Waals surface area contributed by atoms with Crippen LogP contribution in [-0.2, 0) is 4.79 Å². The lowest BCUT2D eigenvalue weighted by Crippen LogP contribution is -2.49. The maximum atomic E-state index is 13.0. The maximum Gasteiger partial charge on any atom is 0.332 e. The summed E-state index contributed by atoms with van der Waals surface area (Å²) in [6.07, 6.45) is 0.887. The van der Waals surface area contributed by atoms with E-state index in [2.05, 4.69) is 14.9 Å². The van der Waals surface area contributed by atoms with Crippen LogP contribution in [-0.4, -0.2) is 56.7 Å². The zero-order valence-electron chi connectivity index (χ0n) is 15.9. The van der Waals surface area contributed by atoms with Crippen LogP contribution in [0.2, 0.25) is 0 Å². The average Bonchev–Trinajstić information content (AvgIpc) is 3.23. The number of aryl methyl sites for hydroxylation is 1. The molecule has 0 radical (unpaired) electrons. The third kappa shape index (κ3) is 3.39. The summed E-state index contributed by atoms with van der Waals surface area (Å²) in [5.74, 6) is -0.747.